The molecule has 0 aliphatic carbocycles. The summed E-state index contributed by atoms with van der Waals surface area (Å²) < 4.78 is 12.6. The Labute approximate surface area is 250 Å². The number of hydrogen-bond donors (Lipinski definition) is 1. The third kappa shape index (κ3) is 5.06. The van der Waals surface area contributed by atoms with E-state index in [1.54, 1.807) is 0 Å². The molecule has 0 unspecified atom stereocenters. The van der Waals surface area contributed by atoms with Gasteiger partial charge in [-0.05, 0) is 56.5 Å². The van der Waals surface area contributed by atoms with Gasteiger partial charge in [0.15, 0.2) is 0 Å². The second kappa shape index (κ2) is 11.0. The molecule has 0 aliphatic heterocycles. The van der Waals surface area contributed by atoms with Gasteiger partial charge in [-0.15, -0.1) is 23.8 Å². The number of benzene rings is 4. The minimum atomic E-state index is 0. The van der Waals surface area contributed by atoms with Crippen molar-refractivity contribution in [2.45, 2.75) is 34.6 Å². The van der Waals surface area contributed by atoms with E-state index in [0.29, 0.717) is 0 Å². The minimum Gasteiger partial charge on any atom is -0.512 e. The Balaban J connectivity index is 0.000000379. The second-order valence-electron chi connectivity index (χ2n) is 10.3. The van der Waals surface area contributed by atoms with Crippen molar-refractivity contribution < 1.29 is 38.8 Å². The van der Waals surface area contributed by atoms with Gasteiger partial charge in [-0.2, -0.15) is 0 Å². The fourth-order valence-corrected chi connectivity index (χ4v) is 5.23. The maximum Gasteiger partial charge on any atom is 0.316 e. The first-order valence-corrected chi connectivity index (χ1v) is 13.2. The van der Waals surface area contributed by atoms with E-state index in [4.69, 9.17) is 23.7 Å². The fraction of sp³-hybridized carbons (Fsp3) is 0.143. The normalized spacial score (nSPS) is 11.7. The molecular weight excluding hydrogens is 691 g/mol. The van der Waals surface area contributed by atoms with Crippen LogP contribution in [0.25, 0.3) is 66.0 Å². The second-order valence-corrected chi connectivity index (χ2v) is 10.3. The minimum absolute atomic E-state index is 0. The molecule has 7 aromatic rings. The van der Waals surface area contributed by atoms with E-state index < -0.39 is 0 Å². The van der Waals surface area contributed by atoms with E-state index in [2.05, 4.69) is 75.4 Å². The molecule has 0 bridgehead atoms. The number of rotatable bonds is 2. The van der Waals surface area contributed by atoms with Gasteiger partial charge in [-0.3, -0.25) is 9.78 Å². The Bertz CT molecular complexity index is 2150. The van der Waals surface area contributed by atoms with Gasteiger partial charge in [0.05, 0.1) is 29.9 Å². The van der Waals surface area contributed by atoms with Crippen molar-refractivity contribution in [3.05, 3.63) is 101 Å². The third-order valence-electron chi connectivity index (χ3n) is 7.23. The number of fused-ring (bicyclic) bond motifs is 8. The molecule has 1 radical (unpaired) electrons. The fourth-order valence-electron chi connectivity index (χ4n) is 5.23. The molecule has 0 aliphatic rings. The zero-order valence-corrected chi connectivity index (χ0v) is 25.8. The van der Waals surface area contributed by atoms with E-state index in [9.17, 15) is 0 Å². The summed E-state index contributed by atoms with van der Waals surface area (Å²) in [4.78, 5) is 13.5. The number of allylic oxidation sites excluding steroid dienone is 2. The van der Waals surface area contributed by atoms with Gasteiger partial charge in [0, 0.05) is 47.3 Å². The van der Waals surface area contributed by atoms with Crippen LogP contribution in [0, 0.1) is 26.8 Å². The Morgan fingerprint density at radius 3 is 2.32 bits per heavy atom. The molecule has 0 spiro atoms. The average molecular weight is 720 g/mol. The SMILES string of the molecule is CC(=[OH+])/C=C(/C)O.Cc1ccc2c(c1)nc(-c1[c-]cc3oc4c(C)c(C)ccc4c3c1)c1oc3ccccc3c12.[Ir]. The first kappa shape index (κ1) is 28.3. The number of para-hydroxylation sites is 1. The summed E-state index contributed by atoms with van der Waals surface area (Å²) in [5.74, 6) is 0.250. The van der Waals surface area contributed by atoms with Gasteiger partial charge >= 0.3 is 5.78 Å². The molecule has 207 valence electrons. The molecule has 2 N–H and O–H groups in total. The van der Waals surface area contributed by atoms with Crippen molar-refractivity contribution in [1.82, 2.24) is 4.98 Å². The Morgan fingerprint density at radius 2 is 1.59 bits per heavy atom. The van der Waals surface area contributed by atoms with Crippen LogP contribution < -0.4 is 0 Å². The van der Waals surface area contributed by atoms with Crippen molar-refractivity contribution >= 4 is 60.6 Å². The Morgan fingerprint density at radius 1 is 0.854 bits per heavy atom. The van der Waals surface area contributed by atoms with Crippen LogP contribution in [0.4, 0.5) is 0 Å². The molecule has 4 aromatic carbocycles. The van der Waals surface area contributed by atoms with Crippen LogP contribution in [0.1, 0.15) is 30.5 Å². The van der Waals surface area contributed by atoms with Gasteiger partial charge in [-0.25, -0.2) is 0 Å². The first-order valence-electron chi connectivity index (χ1n) is 13.2. The number of aryl methyl sites for hydroxylation is 3. The van der Waals surface area contributed by atoms with E-state index in [0.717, 1.165) is 66.0 Å². The number of carbonyl (C=O) groups excluding carboxylic acids is 1. The quantitative estimate of drug-likeness (QED) is 0.0836. The zero-order valence-electron chi connectivity index (χ0n) is 23.4. The van der Waals surface area contributed by atoms with Crippen molar-refractivity contribution in [3.8, 4) is 11.3 Å². The van der Waals surface area contributed by atoms with E-state index in [-0.39, 0.29) is 31.6 Å². The van der Waals surface area contributed by atoms with Crippen LogP contribution in [0.5, 0.6) is 0 Å². The summed E-state index contributed by atoms with van der Waals surface area (Å²) >= 11 is 0. The molecule has 3 heterocycles. The molecule has 0 atom stereocenters. The molecule has 0 fully saturated rings. The standard InChI is InChI=1S/C30H20NO2.C5H8O2.Ir/c1-16-8-11-21-24(14-16)31-28(30-27(21)22-6-4-5-7-25(22)33-30)19-10-13-26-23(15-19)20-12-9-17(2)18(3)29(20)32-26;1-4(6)3-5(2)7;/h4-9,11-15H,1-3H3;3,6H,1-2H3;/q-1;;/p+1/b;4-3-;. The van der Waals surface area contributed by atoms with Crippen molar-refractivity contribution in [2.75, 3.05) is 0 Å². The summed E-state index contributed by atoms with van der Waals surface area (Å²) in [7, 11) is 0. The van der Waals surface area contributed by atoms with Crippen LogP contribution in [-0.4, -0.2) is 20.7 Å². The molecule has 3 aromatic heterocycles. The van der Waals surface area contributed by atoms with E-state index >= 15 is 0 Å². The molecule has 6 heteroatoms. The van der Waals surface area contributed by atoms with Gasteiger partial charge < -0.3 is 13.9 Å². The predicted molar refractivity (Wildman–Crippen MR) is 164 cm³/mol. The number of pyridine rings is 1. The number of furan rings is 2. The summed E-state index contributed by atoms with van der Waals surface area (Å²) in [6, 6.07) is 26.4. The molecule has 0 amide bonds. The van der Waals surface area contributed by atoms with Crippen LogP contribution in [0.3, 0.4) is 0 Å². The Kier molecular flexibility index (Phi) is 7.56. The maximum atomic E-state index is 8.40. The summed E-state index contributed by atoms with van der Waals surface area (Å²) in [5, 5.41) is 13.9. The number of ketones is 1. The van der Waals surface area contributed by atoms with E-state index in [1.165, 1.54) is 36.6 Å². The molecule has 41 heavy (non-hydrogen) atoms. The maximum absolute atomic E-state index is 8.40. The van der Waals surface area contributed by atoms with Crippen LogP contribution in [0.2, 0.25) is 0 Å². The molecule has 0 saturated carbocycles. The van der Waals surface area contributed by atoms with Crippen molar-refractivity contribution in [1.29, 1.82) is 0 Å². The van der Waals surface area contributed by atoms with Gasteiger partial charge in [0.2, 0.25) is 0 Å². The molecule has 5 nitrogen and oxygen atoms in total. The molecule has 0 saturated heterocycles. The average Bonchev–Trinajstić information content (AvgIpc) is 3.49. The molecular formula is C35H29IrNO4. The summed E-state index contributed by atoms with van der Waals surface area (Å²) in [5.41, 5.74) is 9.67. The van der Waals surface area contributed by atoms with Crippen molar-refractivity contribution in [2.24, 2.45) is 0 Å². The largest absolute Gasteiger partial charge is 0.512 e. The molecule has 7 rings (SSSR count). The predicted octanol–water partition coefficient (Wildman–Crippen LogP) is 9.44. The van der Waals surface area contributed by atoms with Gasteiger partial charge in [0.1, 0.15) is 16.7 Å². The number of nitrogens with zero attached hydrogens (tertiary/aromatic N) is 1. The number of aliphatic hydroxyl groups excluding tert-OH is 1. The van der Waals surface area contributed by atoms with Crippen LogP contribution in [0.15, 0.2) is 87.4 Å². The number of aromatic nitrogens is 1. The Hall–Kier alpha value is -4.25. The summed E-state index contributed by atoms with van der Waals surface area (Å²) in [6.07, 6.45) is 1.28. The third-order valence-corrected chi connectivity index (χ3v) is 7.23. The summed E-state index contributed by atoms with van der Waals surface area (Å²) in [6.45, 7) is 9.31. The van der Waals surface area contributed by atoms with Crippen LogP contribution in [-0.2, 0) is 20.1 Å². The van der Waals surface area contributed by atoms with Crippen LogP contribution >= 0.6 is 0 Å². The smallest absolute Gasteiger partial charge is 0.316 e. The first-order chi connectivity index (χ1) is 19.2. The van der Waals surface area contributed by atoms with Gasteiger partial charge in [-0.1, -0.05) is 47.9 Å². The van der Waals surface area contributed by atoms with E-state index in [1.807, 2.05) is 18.2 Å². The number of hydrogen-bond acceptors (Lipinski definition) is 4. The monoisotopic (exact) mass is 720 g/mol. The topological polar surface area (TPSA) is 80.8 Å². The zero-order chi connectivity index (χ0) is 28.1. The van der Waals surface area contributed by atoms with Crippen molar-refractivity contribution in [3.63, 3.8) is 0 Å². The van der Waals surface area contributed by atoms with Gasteiger partial charge in [0.25, 0.3) is 0 Å². The number of aliphatic hydroxyl groups is 1.